The first kappa shape index (κ1) is 26.0. The largest absolute Gasteiger partial charge is 0.455 e. The molecule has 11 heteroatoms. The lowest BCUT2D eigenvalue weighted by Crippen LogP contribution is -2.50. The highest BCUT2D eigenvalue weighted by Gasteiger charge is 2.30. The molecule has 0 radical (unpaired) electrons. The van der Waals surface area contributed by atoms with Crippen molar-refractivity contribution >= 4 is 23.4 Å². The minimum atomic E-state index is -0.601. The fraction of sp³-hybridized carbons (Fsp3) is 0.593. The smallest absolute Gasteiger partial charge is 0.410 e. The predicted molar refractivity (Wildman–Crippen MR) is 141 cm³/mol. The number of amides is 1. The van der Waals surface area contributed by atoms with Gasteiger partial charge in [0.25, 0.3) is 0 Å². The summed E-state index contributed by atoms with van der Waals surface area (Å²) in [5.41, 5.74) is 3.11. The Balaban J connectivity index is 1.34. The van der Waals surface area contributed by atoms with Crippen LogP contribution in [0.4, 0.5) is 10.5 Å². The molecule has 0 unspecified atom stereocenters. The van der Waals surface area contributed by atoms with Crippen LogP contribution in [-0.2, 0) is 16.0 Å². The van der Waals surface area contributed by atoms with Crippen molar-refractivity contribution in [3.05, 3.63) is 41.6 Å². The van der Waals surface area contributed by atoms with E-state index < -0.39 is 17.2 Å². The number of hydrogen-bond donors (Lipinski definition) is 0. The van der Waals surface area contributed by atoms with Gasteiger partial charge in [0.1, 0.15) is 11.2 Å². The number of piperazine rings is 1. The molecule has 1 aliphatic heterocycles. The van der Waals surface area contributed by atoms with E-state index in [4.69, 9.17) is 14.5 Å². The van der Waals surface area contributed by atoms with Crippen molar-refractivity contribution < 1.29 is 19.1 Å². The first-order valence-corrected chi connectivity index (χ1v) is 13.2. The summed E-state index contributed by atoms with van der Waals surface area (Å²) >= 11 is 0. The number of carbonyl (C=O) groups is 2. The van der Waals surface area contributed by atoms with Gasteiger partial charge >= 0.3 is 12.1 Å². The van der Waals surface area contributed by atoms with Crippen LogP contribution in [0.5, 0.6) is 0 Å². The highest BCUT2D eigenvalue weighted by Crippen LogP contribution is 2.42. The molecule has 0 spiro atoms. The summed E-state index contributed by atoms with van der Waals surface area (Å²) in [7, 11) is 0. The predicted octanol–water partition coefficient (Wildman–Crippen LogP) is 3.86. The Morgan fingerprint density at radius 3 is 2.26 bits per heavy atom. The van der Waals surface area contributed by atoms with Gasteiger partial charge in [-0.2, -0.15) is 0 Å². The zero-order valence-electron chi connectivity index (χ0n) is 23.1. The summed E-state index contributed by atoms with van der Waals surface area (Å²) in [4.78, 5) is 33.9. The van der Waals surface area contributed by atoms with Gasteiger partial charge in [-0.25, -0.2) is 19.3 Å². The summed E-state index contributed by atoms with van der Waals surface area (Å²) in [6, 6.07) is 2.25. The second kappa shape index (κ2) is 9.59. The highest BCUT2D eigenvalue weighted by molar-refractivity contribution is 5.87. The molecule has 3 aromatic rings. The third-order valence-corrected chi connectivity index (χ3v) is 6.39. The first-order chi connectivity index (χ1) is 17.8. The van der Waals surface area contributed by atoms with Crippen molar-refractivity contribution in [2.45, 2.75) is 78.0 Å². The van der Waals surface area contributed by atoms with E-state index in [9.17, 15) is 9.59 Å². The van der Waals surface area contributed by atoms with Gasteiger partial charge in [0.2, 0.25) is 0 Å². The summed E-state index contributed by atoms with van der Waals surface area (Å²) in [5.74, 6) is 0.0828. The van der Waals surface area contributed by atoms with E-state index in [0.717, 1.165) is 17.0 Å². The summed E-state index contributed by atoms with van der Waals surface area (Å²) < 4.78 is 14.6. The Bertz CT molecular complexity index is 1340. The number of ether oxygens (including phenoxy) is 2. The van der Waals surface area contributed by atoms with Gasteiger partial charge in [0, 0.05) is 38.6 Å². The molecule has 3 aromatic heterocycles. The molecule has 11 nitrogen and oxygen atoms in total. The fourth-order valence-corrected chi connectivity index (χ4v) is 4.52. The molecule has 38 heavy (non-hydrogen) atoms. The van der Waals surface area contributed by atoms with Crippen LogP contribution in [0.2, 0.25) is 0 Å². The third kappa shape index (κ3) is 6.08. The molecule has 1 amide bonds. The van der Waals surface area contributed by atoms with Gasteiger partial charge in [-0.3, -0.25) is 0 Å². The van der Waals surface area contributed by atoms with Gasteiger partial charge in [-0.15, -0.1) is 5.10 Å². The number of rotatable bonds is 5. The summed E-state index contributed by atoms with van der Waals surface area (Å²) in [6.07, 6.45) is 7.89. The maximum absolute atomic E-state index is 12.5. The SMILES string of the molecule is CC(C)(C)OC(=O)c1cn(Cc2cn3cc(C4CC4)cc(N4CCN(C(=O)OC(C)(C)C)CC4)c3n2)nn1. The molecular formula is C27H37N7O4. The van der Waals surface area contributed by atoms with Crippen LogP contribution < -0.4 is 4.90 Å². The van der Waals surface area contributed by atoms with Crippen molar-refractivity contribution in [3.63, 3.8) is 0 Å². The van der Waals surface area contributed by atoms with Gasteiger partial charge in [0.15, 0.2) is 11.3 Å². The number of fused-ring (bicyclic) bond motifs is 1. The molecule has 5 rings (SSSR count). The van der Waals surface area contributed by atoms with Crippen LogP contribution in [-0.4, -0.2) is 78.7 Å². The van der Waals surface area contributed by atoms with E-state index in [1.54, 1.807) is 15.8 Å². The van der Waals surface area contributed by atoms with E-state index in [0.29, 0.717) is 38.6 Å². The fourth-order valence-electron chi connectivity index (χ4n) is 4.52. The topological polar surface area (TPSA) is 107 Å². The monoisotopic (exact) mass is 523 g/mol. The lowest BCUT2D eigenvalue weighted by atomic mass is 10.1. The Morgan fingerprint density at radius 1 is 0.947 bits per heavy atom. The van der Waals surface area contributed by atoms with Gasteiger partial charge in [0.05, 0.1) is 24.1 Å². The maximum Gasteiger partial charge on any atom is 0.410 e. The number of imidazole rings is 1. The molecule has 1 saturated heterocycles. The number of carbonyl (C=O) groups excluding carboxylic acids is 2. The van der Waals surface area contributed by atoms with Gasteiger partial charge < -0.3 is 23.7 Å². The van der Waals surface area contributed by atoms with Gasteiger partial charge in [-0.05, 0) is 71.9 Å². The molecule has 0 bridgehead atoms. The van der Waals surface area contributed by atoms with Crippen LogP contribution >= 0.6 is 0 Å². The molecule has 1 aliphatic carbocycles. The summed E-state index contributed by atoms with van der Waals surface area (Å²) in [6.45, 7) is 14.1. The van der Waals surface area contributed by atoms with E-state index >= 15 is 0 Å². The van der Waals surface area contributed by atoms with Crippen molar-refractivity contribution in [3.8, 4) is 0 Å². The molecule has 2 fully saturated rings. The number of esters is 1. The number of nitrogens with zero attached hydrogens (tertiary/aromatic N) is 7. The van der Waals surface area contributed by atoms with E-state index in [1.165, 1.54) is 18.4 Å². The first-order valence-electron chi connectivity index (χ1n) is 13.2. The van der Waals surface area contributed by atoms with Crippen LogP contribution in [0.1, 0.15) is 82.0 Å². The van der Waals surface area contributed by atoms with Crippen molar-refractivity contribution in [1.29, 1.82) is 0 Å². The Hall–Kier alpha value is -3.63. The average molecular weight is 524 g/mol. The third-order valence-electron chi connectivity index (χ3n) is 6.39. The van der Waals surface area contributed by atoms with Crippen LogP contribution in [0.25, 0.3) is 5.65 Å². The van der Waals surface area contributed by atoms with Crippen LogP contribution in [0.15, 0.2) is 24.7 Å². The Kier molecular flexibility index (Phi) is 6.56. The zero-order chi connectivity index (χ0) is 27.2. The van der Waals surface area contributed by atoms with Crippen molar-refractivity contribution in [2.75, 3.05) is 31.1 Å². The van der Waals surface area contributed by atoms with E-state index in [2.05, 4.69) is 31.9 Å². The number of anilines is 1. The molecule has 1 saturated carbocycles. The maximum atomic E-state index is 12.5. The van der Waals surface area contributed by atoms with Gasteiger partial charge in [-0.1, -0.05) is 5.21 Å². The van der Waals surface area contributed by atoms with Crippen LogP contribution in [0.3, 0.4) is 0 Å². The quantitative estimate of drug-likeness (QED) is 0.464. The minimum absolute atomic E-state index is 0.170. The zero-order valence-corrected chi connectivity index (χ0v) is 23.1. The second-order valence-corrected chi connectivity index (χ2v) is 12.2. The molecule has 0 N–H and O–H groups in total. The molecule has 4 heterocycles. The molecule has 2 aliphatic rings. The van der Waals surface area contributed by atoms with E-state index in [-0.39, 0.29) is 11.8 Å². The van der Waals surface area contributed by atoms with E-state index in [1.807, 2.05) is 47.7 Å². The summed E-state index contributed by atoms with van der Waals surface area (Å²) in [5, 5.41) is 8.09. The lowest BCUT2D eigenvalue weighted by Gasteiger charge is -2.37. The number of aromatic nitrogens is 5. The van der Waals surface area contributed by atoms with Crippen LogP contribution in [0, 0.1) is 0 Å². The van der Waals surface area contributed by atoms with Crippen molar-refractivity contribution in [2.24, 2.45) is 0 Å². The number of hydrogen-bond acceptors (Lipinski definition) is 8. The normalized spacial score (nSPS) is 16.7. The molecule has 204 valence electrons. The minimum Gasteiger partial charge on any atom is -0.455 e. The molecule has 0 aromatic carbocycles. The molecular weight excluding hydrogens is 486 g/mol. The highest BCUT2D eigenvalue weighted by atomic mass is 16.6. The van der Waals surface area contributed by atoms with Crippen molar-refractivity contribution in [1.82, 2.24) is 29.3 Å². The Morgan fingerprint density at radius 2 is 1.63 bits per heavy atom. The standard InChI is InChI=1S/C27H37N7O4/c1-26(2,3)37-24(35)21-17-34(30-29-21)16-20-15-33-14-19(18-7-8-18)13-22(23(33)28-20)31-9-11-32(12-10-31)25(36)38-27(4,5)6/h13-15,17-18H,7-12,16H2,1-6H3. The lowest BCUT2D eigenvalue weighted by molar-refractivity contribution is 0.00619. The average Bonchev–Trinajstić information content (AvgIpc) is 3.42. The molecule has 0 atom stereocenters. The Labute approximate surface area is 222 Å². The second-order valence-electron chi connectivity index (χ2n) is 12.2. The number of pyridine rings is 1.